The third-order valence-electron chi connectivity index (χ3n) is 4.00. The van der Waals surface area contributed by atoms with Crippen molar-refractivity contribution in [1.82, 2.24) is 0 Å². The van der Waals surface area contributed by atoms with Crippen LogP contribution in [-0.2, 0) is 4.79 Å². The Hall–Kier alpha value is -2.14. The molecule has 0 aromatic heterocycles. The van der Waals surface area contributed by atoms with Crippen LogP contribution >= 0.6 is 11.8 Å². The van der Waals surface area contributed by atoms with Gasteiger partial charge >= 0.3 is 0 Å². The maximum atomic E-state index is 12.8. The zero-order valence-corrected chi connectivity index (χ0v) is 14.5. The van der Waals surface area contributed by atoms with E-state index in [1.54, 1.807) is 7.11 Å². The average Bonchev–Trinajstić information content (AvgIpc) is 3.15. The molecule has 0 radical (unpaired) electrons. The second-order valence-electron chi connectivity index (χ2n) is 5.58. The molecule has 1 heterocycles. The predicted octanol–water partition coefficient (Wildman–Crippen LogP) is 3.61. The zero-order chi connectivity index (χ0) is 16.8. The Morgan fingerprint density at radius 2 is 1.83 bits per heavy atom. The van der Waals surface area contributed by atoms with Crippen LogP contribution in [0.3, 0.4) is 0 Å². The molecule has 0 N–H and O–H groups in total. The maximum Gasteiger partial charge on any atom is 0.265 e. The van der Waals surface area contributed by atoms with Crippen LogP contribution in [0.15, 0.2) is 54.6 Å². The van der Waals surface area contributed by atoms with Gasteiger partial charge in [0, 0.05) is 17.5 Å². The Kier molecular flexibility index (Phi) is 5.64. The molecule has 1 aliphatic heterocycles. The standard InChI is InChI=1S/C19H21NO3S/c1-22-17-7-9-18(10-8-17)23-13-19(21)20(16-11-12-24-14-16)15-5-3-2-4-6-15/h2-10,16H,11-14H2,1H3. The van der Waals surface area contributed by atoms with E-state index in [9.17, 15) is 4.79 Å². The number of carbonyl (C=O) groups is 1. The van der Waals surface area contributed by atoms with Gasteiger partial charge in [-0.2, -0.15) is 11.8 Å². The van der Waals surface area contributed by atoms with Gasteiger partial charge in [0.25, 0.3) is 5.91 Å². The molecule has 0 bridgehead atoms. The van der Waals surface area contributed by atoms with Crippen molar-refractivity contribution in [3.8, 4) is 11.5 Å². The number of thioether (sulfide) groups is 1. The van der Waals surface area contributed by atoms with Gasteiger partial charge in [-0.1, -0.05) is 18.2 Å². The van der Waals surface area contributed by atoms with Gasteiger partial charge in [0.15, 0.2) is 6.61 Å². The molecule has 2 aromatic rings. The molecule has 1 unspecified atom stereocenters. The average molecular weight is 343 g/mol. The van der Waals surface area contributed by atoms with E-state index >= 15 is 0 Å². The lowest BCUT2D eigenvalue weighted by molar-refractivity contribution is -0.121. The number of para-hydroxylation sites is 1. The van der Waals surface area contributed by atoms with Crippen LogP contribution in [0.4, 0.5) is 5.69 Å². The molecular formula is C19H21NO3S. The largest absolute Gasteiger partial charge is 0.497 e. The Labute approximate surface area is 146 Å². The number of amides is 1. The molecule has 5 heteroatoms. The van der Waals surface area contributed by atoms with Crippen LogP contribution in [0.2, 0.25) is 0 Å². The summed E-state index contributed by atoms with van der Waals surface area (Å²) in [6.45, 7) is 0.0301. The minimum atomic E-state index is -0.00971. The van der Waals surface area contributed by atoms with Crippen molar-refractivity contribution >= 4 is 23.4 Å². The van der Waals surface area contributed by atoms with Crippen LogP contribution in [0.5, 0.6) is 11.5 Å². The number of nitrogens with zero attached hydrogens (tertiary/aromatic N) is 1. The van der Waals surface area contributed by atoms with Gasteiger partial charge in [-0.25, -0.2) is 0 Å². The summed E-state index contributed by atoms with van der Waals surface area (Å²) in [5, 5.41) is 0. The van der Waals surface area contributed by atoms with Gasteiger partial charge in [-0.15, -0.1) is 0 Å². The third-order valence-corrected chi connectivity index (χ3v) is 5.14. The monoisotopic (exact) mass is 343 g/mol. The van der Waals surface area contributed by atoms with E-state index in [1.165, 1.54) is 0 Å². The van der Waals surface area contributed by atoms with Crippen LogP contribution in [0.25, 0.3) is 0 Å². The second-order valence-corrected chi connectivity index (χ2v) is 6.73. The van der Waals surface area contributed by atoms with E-state index in [4.69, 9.17) is 9.47 Å². The molecule has 0 aliphatic carbocycles. The van der Waals surface area contributed by atoms with Crippen molar-refractivity contribution in [2.24, 2.45) is 0 Å². The van der Waals surface area contributed by atoms with Crippen molar-refractivity contribution < 1.29 is 14.3 Å². The number of carbonyl (C=O) groups excluding carboxylic acids is 1. The highest BCUT2D eigenvalue weighted by atomic mass is 32.2. The summed E-state index contributed by atoms with van der Waals surface area (Å²) >= 11 is 1.89. The van der Waals surface area contributed by atoms with E-state index in [1.807, 2.05) is 71.3 Å². The molecule has 4 nitrogen and oxygen atoms in total. The summed E-state index contributed by atoms with van der Waals surface area (Å²) in [5.41, 5.74) is 0.938. The van der Waals surface area contributed by atoms with Crippen LogP contribution < -0.4 is 14.4 Å². The lowest BCUT2D eigenvalue weighted by atomic mass is 10.2. The number of hydrogen-bond donors (Lipinski definition) is 0. The fourth-order valence-corrected chi connectivity index (χ4v) is 3.95. The smallest absolute Gasteiger partial charge is 0.265 e. The van der Waals surface area contributed by atoms with Crippen LogP contribution in [0, 0.1) is 0 Å². The highest BCUT2D eigenvalue weighted by Gasteiger charge is 2.28. The first-order valence-corrected chi connectivity index (χ1v) is 9.15. The van der Waals surface area contributed by atoms with E-state index in [2.05, 4.69) is 0 Å². The molecule has 126 valence electrons. The molecule has 0 spiro atoms. The topological polar surface area (TPSA) is 38.8 Å². The number of hydrogen-bond acceptors (Lipinski definition) is 4. The van der Waals surface area contributed by atoms with E-state index in [0.717, 1.165) is 29.4 Å². The van der Waals surface area contributed by atoms with Crippen molar-refractivity contribution in [3.63, 3.8) is 0 Å². The first kappa shape index (κ1) is 16.7. The lowest BCUT2D eigenvalue weighted by Gasteiger charge is -2.28. The molecule has 3 rings (SSSR count). The number of rotatable bonds is 6. The minimum Gasteiger partial charge on any atom is -0.497 e. The maximum absolute atomic E-state index is 12.8. The second kappa shape index (κ2) is 8.11. The van der Waals surface area contributed by atoms with E-state index < -0.39 is 0 Å². The summed E-state index contributed by atoms with van der Waals surface area (Å²) in [4.78, 5) is 14.7. The molecule has 2 aromatic carbocycles. The first-order chi connectivity index (χ1) is 11.8. The van der Waals surface area contributed by atoms with Gasteiger partial charge in [0.2, 0.25) is 0 Å². The quantitative estimate of drug-likeness (QED) is 0.803. The molecular weight excluding hydrogens is 322 g/mol. The van der Waals surface area contributed by atoms with E-state index in [-0.39, 0.29) is 18.6 Å². The van der Waals surface area contributed by atoms with Crippen LogP contribution in [-0.4, -0.2) is 37.2 Å². The fourth-order valence-electron chi connectivity index (χ4n) is 2.76. The normalized spacial score (nSPS) is 16.6. The number of anilines is 1. The van der Waals surface area contributed by atoms with E-state index in [0.29, 0.717) is 5.75 Å². The molecule has 1 saturated heterocycles. The summed E-state index contributed by atoms with van der Waals surface area (Å²) < 4.78 is 10.8. The SMILES string of the molecule is COc1ccc(OCC(=O)N(c2ccccc2)C2CCSC2)cc1. The van der Waals surface area contributed by atoms with Crippen molar-refractivity contribution in [2.45, 2.75) is 12.5 Å². The Morgan fingerprint density at radius 1 is 1.12 bits per heavy atom. The first-order valence-electron chi connectivity index (χ1n) is 7.99. The minimum absolute atomic E-state index is 0.00971. The fraction of sp³-hybridized carbons (Fsp3) is 0.316. The van der Waals surface area contributed by atoms with Gasteiger partial charge in [-0.3, -0.25) is 4.79 Å². The number of methoxy groups -OCH3 is 1. The van der Waals surface area contributed by atoms with Gasteiger partial charge in [-0.05, 0) is 48.6 Å². The Morgan fingerprint density at radius 3 is 2.46 bits per heavy atom. The van der Waals surface area contributed by atoms with Crippen molar-refractivity contribution in [3.05, 3.63) is 54.6 Å². The predicted molar refractivity (Wildman–Crippen MR) is 98.1 cm³/mol. The Bertz CT molecular complexity index is 654. The molecule has 1 amide bonds. The zero-order valence-electron chi connectivity index (χ0n) is 13.7. The molecule has 0 saturated carbocycles. The van der Waals surface area contributed by atoms with Gasteiger partial charge < -0.3 is 14.4 Å². The number of benzene rings is 2. The van der Waals surface area contributed by atoms with Crippen LogP contribution in [0.1, 0.15) is 6.42 Å². The summed E-state index contributed by atoms with van der Waals surface area (Å²) in [7, 11) is 1.62. The van der Waals surface area contributed by atoms with Crippen molar-refractivity contribution in [1.29, 1.82) is 0 Å². The molecule has 1 fully saturated rings. The number of ether oxygens (including phenoxy) is 2. The lowest BCUT2D eigenvalue weighted by Crippen LogP contribution is -2.43. The Balaban J connectivity index is 1.69. The third kappa shape index (κ3) is 4.03. The molecule has 24 heavy (non-hydrogen) atoms. The molecule has 1 aliphatic rings. The summed E-state index contributed by atoms with van der Waals surface area (Å²) in [5.74, 6) is 3.49. The van der Waals surface area contributed by atoms with Crippen molar-refractivity contribution in [2.75, 3.05) is 30.1 Å². The highest BCUT2D eigenvalue weighted by Crippen LogP contribution is 2.27. The highest BCUT2D eigenvalue weighted by molar-refractivity contribution is 7.99. The van der Waals surface area contributed by atoms with Gasteiger partial charge in [0.1, 0.15) is 11.5 Å². The summed E-state index contributed by atoms with van der Waals surface area (Å²) in [6.07, 6.45) is 1.02. The summed E-state index contributed by atoms with van der Waals surface area (Å²) in [6, 6.07) is 17.3. The van der Waals surface area contributed by atoms with Gasteiger partial charge in [0.05, 0.1) is 7.11 Å². The molecule has 1 atom stereocenters.